The number of benzene rings is 3. The number of nitrogens with one attached hydrogen (secondary N) is 1. The first kappa shape index (κ1) is 27.8. The van der Waals surface area contributed by atoms with Crippen molar-refractivity contribution < 1.29 is 14.0 Å². The lowest BCUT2D eigenvalue weighted by Gasteiger charge is -2.31. The first-order valence-electron chi connectivity index (χ1n) is 12.1. The van der Waals surface area contributed by atoms with Crippen molar-refractivity contribution in [2.24, 2.45) is 0 Å². The highest BCUT2D eigenvalue weighted by molar-refractivity contribution is 7.99. The summed E-state index contributed by atoms with van der Waals surface area (Å²) >= 11 is 7.41. The Morgan fingerprint density at radius 1 is 0.972 bits per heavy atom. The standard InChI is InChI=1S/C29H32ClFN2O2S/c1-2-3-17-32-29(35)27(18-22-9-5-4-6-10-22)33(19-23-13-15-25(30)16-14-23)28(34)21-36-20-24-11-7-8-12-26(24)31/h4-16,27H,2-3,17-21H2,1H3,(H,32,35)/t27-/m1/s1. The largest absolute Gasteiger partial charge is 0.354 e. The van der Waals surface area contributed by atoms with Gasteiger partial charge in [-0.3, -0.25) is 9.59 Å². The van der Waals surface area contributed by atoms with Crippen LogP contribution in [0.4, 0.5) is 4.39 Å². The van der Waals surface area contributed by atoms with Gasteiger partial charge in [0.25, 0.3) is 0 Å². The molecule has 0 saturated heterocycles. The van der Waals surface area contributed by atoms with Crippen LogP contribution in [0.25, 0.3) is 0 Å². The van der Waals surface area contributed by atoms with Crippen LogP contribution >= 0.6 is 23.4 Å². The van der Waals surface area contributed by atoms with E-state index in [1.807, 2.05) is 42.5 Å². The van der Waals surface area contributed by atoms with Crippen LogP contribution < -0.4 is 5.32 Å². The van der Waals surface area contributed by atoms with E-state index in [1.54, 1.807) is 35.2 Å². The number of nitrogens with zero attached hydrogens (tertiary/aromatic N) is 1. The molecule has 190 valence electrons. The zero-order valence-corrected chi connectivity index (χ0v) is 22.0. The molecule has 0 aromatic heterocycles. The summed E-state index contributed by atoms with van der Waals surface area (Å²) in [6.07, 6.45) is 2.23. The monoisotopic (exact) mass is 526 g/mol. The lowest BCUT2D eigenvalue weighted by Crippen LogP contribution is -2.51. The van der Waals surface area contributed by atoms with E-state index >= 15 is 0 Å². The second-order valence-corrected chi connectivity index (χ2v) is 10.0. The normalized spacial score (nSPS) is 11.6. The number of carbonyl (C=O) groups is 2. The van der Waals surface area contributed by atoms with E-state index in [0.29, 0.717) is 29.3 Å². The maximum atomic E-state index is 14.0. The van der Waals surface area contributed by atoms with Crippen LogP contribution in [-0.2, 0) is 28.3 Å². The summed E-state index contributed by atoms with van der Waals surface area (Å²) in [5.41, 5.74) is 2.41. The van der Waals surface area contributed by atoms with Crippen LogP contribution in [0.1, 0.15) is 36.5 Å². The molecule has 0 aliphatic rings. The molecule has 0 heterocycles. The third kappa shape index (κ3) is 8.68. The fourth-order valence-corrected chi connectivity index (χ4v) is 4.82. The predicted molar refractivity (Wildman–Crippen MR) is 146 cm³/mol. The number of halogens is 2. The SMILES string of the molecule is CCCCNC(=O)[C@@H](Cc1ccccc1)N(Cc1ccc(Cl)cc1)C(=O)CSCc1ccccc1F. The van der Waals surface area contributed by atoms with E-state index in [0.717, 1.165) is 24.0 Å². The average Bonchev–Trinajstić information content (AvgIpc) is 2.89. The Kier molecular flexibility index (Phi) is 11.3. The van der Waals surface area contributed by atoms with Gasteiger partial charge in [-0.1, -0.05) is 85.6 Å². The molecule has 4 nitrogen and oxygen atoms in total. The van der Waals surface area contributed by atoms with Crippen molar-refractivity contribution in [1.29, 1.82) is 0 Å². The lowest BCUT2D eigenvalue weighted by molar-refractivity contribution is -0.139. The third-order valence-electron chi connectivity index (χ3n) is 5.81. The van der Waals surface area contributed by atoms with Crippen LogP contribution in [0, 0.1) is 5.82 Å². The van der Waals surface area contributed by atoms with E-state index in [9.17, 15) is 14.0 Å². The van der Waals surface area contributed by atoms with Gasteiger partial charge in [-0.25, -0.2) is 4.39 Å². The zero-order valence-electron chi connectivity index (χ0n) is 20.5. The molecule has 3 aromatic carbocycles. The maximum Gasteiger partial charge on any atom is 0.243 e. The minimum Gasteiger partial charge on any atom is -0.354 e. The Balaban J connectivity index is 1.83. The number of hydrogen-bond donors (Lipinski definition) is 1. The van der Waals surface area contributed by atoms with Gasteiger partial charge in [-0.2, -0.15) is 0 Å². The van der Waals surface area contributed by atoms with Gasteiger partial charge in [0.1, 0.15) is 11.9 Å². The molecular weight excluding hydrogens is 495 g/mol. The first-order chi connectivity index (χ1) is 17.5. The predicted octanol–water partition coefficient (Wildman–Crippen LogP) is 6.27. The molecule has 1 atom stereocenters. The number of unbranched alkanes of at least 4 members (excludes halogenated alkanes) is 1. The molecule has 0 radical (unpaired) electrons. The highest BCUT2D eigenvalue weighted by Gasteiger charge is 2.30. The van der Waals surface area contributed by atoms with Crippen LogP contribution in [0.3, 0.4) is 0 Å². The van der Waals surface area contributed by atoms with Gasteiger partial charge >= 0.3 is 0 Å². The van der Waals surface area contributed by atoms with Crippen molar-refractivity contribution in [3.8, 4) is 0 Å². The van der Waals surface area contributed by atoms with Gasteiger partial charge in [-0.05, 0) is 41.3 Å². The number of carbonyl (C=O) groups excluding carboxylic acids is 2. The van der Waals surface area contributed by atoms with Crippen LogP contribution in [0.2, 0.25) is 5.02 Å². The van der Waals surface area contributed by atoms with E-state index in [-0.39, 0.29) is 29.9 Å². The molecule has 3 aromatic rings. The van der Waals surface area contributed by atoms with Crippen molar-refractivity contribution in [1.82, 2.24) is 10.2 Å². The quantitative estimate of drug-likeness (QED) is 0.267. The molecule has 0 aliphatic heterocycles. The third-order valence-corrected chi connectivity index (χ3v) is 7.03. The number of hydrogen-bond acceptors (Lipinski definition) is 3. The van der Waals surface area contributed by atoms with Crippen molar-refractivity contribution in [3.05, 3.63) is 106 Å². The molecule has 36 heavy (non-hydrogen) atoms. The summed E-state index contributed by atoms with van der Waals surface area (Å²) in [5, 5.41) is 3.62. The Morgan fingerprint density at radius 2 is 1.67 bits per heavy atom. The second kappa shape index (κ2) is 14.7. The highest BCUT2D eigenvalue weighted by atomic mass is 35.5. The van der Waals surface area contributed by atoms with Crippen molar-refractivity contribution >= 4 is 35.2 Å². The van der Waals surface area contributed by atoms with Crippen molar-refractivity contribution in [2.75, 3.05) is 12.3 Å². The minimum absolute atomic E-state index is 0.134. The molecule has 0 aliphatic carbocycles. The average molecular weight is 527 g/mol. The molecule has 0 fully saturated rings. The van der Waals surface area contributed by atoms with Gasteiger partial charge in [-0.15, -0.1) is 11.8 Å². The minimum atomic E-state index is -0.679. The Morgan fingerprint density at radius 3 is 2.36 bits per heavy atom. The molecule has 0 saturated carbocycles. The molecule has 0 spiro atoms. The van der Waals surface area contributed by atoms with E-state index in [1.165, 1.54) is 17.8 Å². The fraction of sp³-hybridized carbons (Fsp3) is 0.310. The van der Waals surface area contributed by atoms with Gasteiger partial charge in [0.2, 0.25) is 11.8 Å². The molecule has 2 amide bonds. The van der Waals surface area contributed by atoms with Gasteiger partial charge < -0.3 is 10.2 Å². The lowest BCUT2D eigenvalue weighted by atomic mass is 10.0. The van der Waals surface area contributed by atoms with Gasteiger partial charge in [0, 0.05) is 30.3 Å². The molecule has 1 N–H and O–H groups in total. The van der Waals surface area contributed by atoms with E-state index in [2.05, 4.69) is 12.2 Å². The summed E-state index contributed by atoms with van der Waals surface area (Å²) in [4.78, 5) is 28.6. The second-order valence-electron chi connectivity index (χ2n) is 8.58. The molecular formula is C29H32ClFN2O2S. The summed E-state index contributed by atoms with van der Waals surface area (Å²) in [5.74, 6) is -0.117. The molecule has 0 bridgehead atoms. The summed E-state index contributed by atoms with van der Waals surface area (Å²) < 4.78 is 14.0. The smallest absolute Gasteiger partial charge is 0.243 e. The van der Waals surface area contributed by atoms with E-state index in [4.69, 9.17) is 11.6 Å². The Bertz CT molecular complexity index is 1110. The Labute approximate surface area is 222 Å². The molecule has 7 heteroatoms. The summed E-state index contributed by atoms with van der Waals surface area (Å²) in [6, 6.07) is 22.9. The van der Waals surface area contributed by atoms with Crippen molar-refractivity contribution in [3.63, 3.8) is 0 Å². The van der Waals surface area contributed by atoms with Crippen molar-refractivity contribution in [2.45, 2.75) is 44.5 Å². The van der Waals surface area contributed by atoms with Gasteiger partial charge in [0.05, 0.1) is 5.75 Å². The zero-order chi connectivity index (χ0) is 25.8. The summed E-state index contributed by atoms with van der Waals surface area (Å²) in [6.45, 7) is 2.90. The summed E-state index contributed by atoms with van der Waals surface area (Å²) in [7, 11) is 0. The fourth-order valence-electron chi connectivity index (χ4n) is 3.79. The topological polar surface area (TPSA) is 49.4 Å². The first-order valence-corrected chi connectivity index (χ1v) is 13.7. The maximum absolute atomic E-state index is 14.0. The van der Waals surface area contributed by atoms with Crippen LogP contribution in [-0.4, -0.2) is 35.1 Å². The van der Waals surface area contributed by atoms with E-state index < -0.39 is 6.04 Å². The van der Waals surface area contributed by atoms with Gasteiger partial charge in [0.15, 0.2) is 0 Å². The Hall–Kier alpha value is -2.83. The van der Waals surface area contributed by atoms with Crippen LogP contribution in [0.15, 0.2) is 78.9 Å². The number of thioether (sulfide) groups is 1. The molecule has 0 unspecified atom stereocenters. The van der Waals surface area contributed by atoms with Crippen LogP contribution in [0.5, 0.6) is 0 Å². The number of amides is 2. The highest BCUT2D eigenvalue weighted by Crippen LogP contribution is 2.20. The molecule has 3 rings (SSSR count). The number of rotatable bonds is 13.